The van der Waals surface area contributed by atoms with Crippen LogP contribution in [0.15, 0.2) is 18.7 Å². The van der Waals surface area contributed by atoms with E-state index in [1.54, 1.807) is 6.33 Å². The Morgan fingerprint density at radius 2 is 1.83 bits per heavy atom. The molecule has 12 heavy (non-hydrogen) atoms. The smallest absolute Gasteiger partial charge is 0.115 e. The lowest BCUT2D eigenvalue weighted by Gasteiger charge is -2.18. The van der Waals surface area contributed by atoms with Crippen LogP contribution >= 0.6 is 0 Å². The second-order valence-corrected chi connectivity index (χ2v) is 3.76. The Kier molecular flexibility index (Phi) is 1.17. The number of hydrogen-bond acceptors (Lipinski definition) is 3. The van der Waals surface area contributed by atoms with Crippen molar-refractivity contribution in [1.29, 1.82) is 0 Å². The van der Waals surface area contributed by atoms with Gasteiger partial charge in [0.1, 0.15) is 6.33 Å². The van der Waals surface area contributed by atoms with E-state index in [9.17, 15) is 0 Å². The van der Waals surface area contributed by atoms with E-state index < -0.39 is 0 Å². The number of aromatic nitrogens is 2. The van der Waals surface area contributed by atoms with Crippen LogP contribution in [-0.2, 0) is 0 Å². The summed E-state index contributed by atoms with van der Waals surface area (Å²) in [5.74, 6) is 1.95. The molecule has 62 valence electrons. The van der Waals surface area contributed by atoms with E-state index >= 15 is 0 Å². The van der Waals surface area contributed by atoms with Crippen molar-refractivity contribution in [3.8, 4) is 0 Å². The molecule has 2 unspecified atom stereocenters. The van der Waals surface area contributed by atoms with E-state index in [0.29, 0.717) is 0 Å². The molecule has 0 radical (unpaired) electrons. The summed E-state index contributed by atoms with van der Waals surface area (Å²) in [7, 11) is 0. The molecule has 0 N–H and O–H groups in total. The number of nitrogens with zero attached hydrogens (tertiary/aromatic N) is 3. The predicted molar refractivity (Wildman–Crippen MR) is 45.8 cm³/mol. The largest absolute Gasteiger partial charge is 0.368 e. The molecule has 1 aromatic heterocycles. The van der Waals surface area contributed by atoms with E-state index in [-0.39, 0.29) is 0 Å². The lowest BCUT2D eigenvalue weighted by molar-refractivity contribution is 0.813. The maximum absolute atomic E-state index is 4.02. The van der Waals surface area contributed by atoms with E-state index in [1.807, 2.05) is 12.4 Å². The van der Waals surface area contributed by atoms with Crippen LogP contribution in [0.5, 0.6) is 0 Å². The molecule has 0 aromatic carbocycles. The van der Waals surface area contributed by atoms with Crippen molar-refractivity contribution in [1.82, 2.24) is 9.97 Å². The highest BCUT2D eigenvalue weighted by molar-refractivity contribution is 5.44. The third-order valence-corrected chi connectivity index (χ3v) is 2.89. The zero-order chi connectivity index (χ0) is 7.97. The van der Waals surface area contributed by atoms with E-state index in [1.165, 1.54) is 25.2 Å². The highest BCUT2D eigenvalue weighted by atomic mass is 15.2. The van der Waals surface area contributed by atoms with Crippen molar-refractivity contribution in [2.45, 2.75) is 6.42 Å². The first-order valence-electron chi connectivity index (χ1n) is 4.43. The zero-order valence-electron chi connectivity index (χ0n) is 6.85. The number of piperidine rings is 1. The van der Waals surface area contributed by atoms with Crippen LogP contribution < -0.4 is 4.90 Å². The molecule has 2 fully saturated rings. The van der Waals surface area contributed by atoms with Gasteiger partial charge in [0.25, 0.3) is 0 Å². The lowest BCUT2D eigenvalue weighted by Crippen LogP contribution is -2.21. The van der Waals surface area contributed by atoms with Gasteiger partial charge in [-0.1, -0.05) is 0 Å². The van der Waals surface area contributed by atoms with Gasteiger partial charge in [-0.15, -0.1) is 0 Å². The monoisotopic (exact) mass is 161 g/mol. The minimum Gasteiger partial charge on any atom is -0.368 e. The van der Waals surface area contributed by atoms with Crippen molar-refractivity contribution < 1.29 is 0 Å². The van der Waals surface area contributed by atoms with Crippen LogP contribution in [0.25, 0.3) is 0 Å². The molecule has 0 amide bonds. The normalized spacial score (nSPS) is 31.8. The van der Waals surface area contributed by atoms with E-state index in [4.69, 9.17) is 0 Å². The Morgan fingerprint density at radius 3 is 2.50 bits per heavy atom. The molecule has 1 aliphatic carbocycles. The topological polar surface area (TPSA) is 29.0 Å². The lowest BCUT2D eigenvalue weighted by atomic mass is 10.4. The van der Waals surface area contributed by atoms with Crippen LogP contribution in [0.2, 0.25) is 0 Å². The molecule has 1 aliphatic heterocycles. The van der Waals surface area contributed by atoms with Gasteiger partial charge in [-0.3, -0.25) is 0 Å². The molecule has 1 saturated heterocycles. The second-order valence-electron chi connectivity index (χ2n) is 3.76. The Hall–Kier alpha value is -1.12. The number of fused-ring (bicyclic) bond motifs is 1. The Labute approximate surface area is 71.4 Å². The molecule has 0 spiro atoms. The summed E-state index contributed by atoms with van der Waals surface area (Å²) >= 11 is 0. The number of anilines is 1. The van der Waals surface area contributed by atoms with Crippen molar-refractivity contribution in [2.75, 3.05) is 18.0 Å². The molecule has 3 nitrogen and oxygen atoms in total. The quantitative estimate of drug-likeness (QED) is 0.613. The van der Waals surface area contributed by atoms with E-state index in [2.05, 4.69) is 14.9 Å². The van der Waals surface area contributed by atoms with Gasteiger partial charge in [0.15, 0.2) is 0 Å². The zero-order valence-corrected chi connectivity index (χ0v) is 6.85. The van der Waals surface area contributed by atoms with Crippen LogP contribution in [-0.4, -0.2) is 23.1 Å². The minimum absolute atomic E-state index is 0.977. The Balaban J connectivity index is 1.82. The molecule has 3 rings (SSSR count). The van der Waals surface area contributed by atoms with Crippen LogP contribution in [0, 0.1) is 11.8 Å². The molecule has 1 aromatic rings. The molecule has 0 bridgehead atoms. The third-order valence-electron chi connectivity index (χ3n) is 2.89. The molecule has 3 heteroatoms. The second kappa shape index (κ2) is 2.19. The highest BCUT2D eigenvalue weighted by Crippen LogP contribution is 2.45. The first-order chi connectivity index (χ1) is 5.93. The summed E-state index contributed by atoms with van der Waals surface area (Å²) in [6, 6.07) is 0. The van der Waals surface area contributed by atoms with Gasteiger partial charge in [0.05, 0.1) is 18.1 Å². The predicted octanol–water partition coefficient (Wildman–Crippen LogP) is 0.933. The van der Waals surface area contributed by atoms with Crippen molar-refractivity contribution in [2.24, 2.45) is 11.8 Å². The van der Waals surface area contributed by atoms with Gasteiger partial charge in [-0.2, -0.15) is 0 Å². The molecule has 1 saturated carbocycles. The van der Waals surface area contributed by atoms with Crippen LogP contribution in [0.1, 0.15) is 6.42 Å². The molecule has 2 atom stereocenters. The van der Waals surface area contributed by atoms with Crippen LogP contribution in [0.3, 0.4) is 0 Å². The summed E-state index contributed by atoms with van der Waals surface area (Å²) in [6.07, 6.45) is 6.83. The summed E-state index contributed by atoms with van der Waals surface area (Å²) in [5.41, 5.74) is 1.18. The van der Waals surface area contributed by atoms with Gasteiger partial charge in [0.2, 0.25) is 0 Å². The van der Waals surface area contributed by atoms with Crippen molar-refractivity contribution in [3.63, 3.8) is 0 Å². The molecular formula is C9H11N3. The maximum atomic E-state index is 4.02. The molecular weight excluding hydrogens is 150 g/mol. The van der Waals surface area contributed by atoms with Crippen molar-refractivity contribution in [3.05, 3.63) is 18.7 Å². The fourth-order valence-electron chi connectivity index (χ4n) is 2.06. The summed E-state index contributed by atoms with van der Waals surface area (Å²) in [6.45, 7) is 2.44. The van der Waals surface area contributed by atoms with Gasteiger partial charge in [-0.25, -0.2) is 9.97 Å². The molecule has 2 aliphatic rings. The average molecular weight is 161 g/mol. The fraction of sp³-hybridized carbons (Fsp3) is 0.556. The fourth-order valence-corrected chi connectivity index (χ4v) is 2.06. The number of hydrogen-bond donors (Lipinski definition) is 0. The Bertz CT molecular complexity index is 275. The summed E-state index contributed by atoms with van der Waals surface area (Å²) in [4.78, 5) is 10.4. The van der Waals surface area contributed by atoms with E-state index in [0.717, 1.165) is 11.8 Å². The highest BCUT2D eigenvalue weighted by Gasteiger charge is 2.45. The minimum atomic E-state index is 0.977. The van der Waals surface area contributed by atoms with Gasteiger partial charge in [0, 0.05) is 13.1 Å². The first-order valence-corrected chi connectivity index (χ1v) is 4.43. The summed E-state index contributed by atoms with van der Waals surface area (Å²) < 4.78 is 0. The van der Waals surface area contributed by atoms with Crippen molar-refractivity contribution >= 4 is 5.69 Å². The standard InChI is InChI=1S/C9H11N3/c1-7-4-12(5-8(1)7)9-2-10-6-11-3-9/h2-3,6-8H,1,4-5H2. The SMILES string of the molecule is c1ncc(N2CC3CC3C2)cn1. The molecule has 2 heterocycles. The Morgan fingerprint density at radius 1 is 1.17 bits per heavy atom. The van der Waals surface area contributed by atoms with Gasteiger partial charge in [-0.05, 0) is 18.3 Å². The summed E-state index contributed by atoms with van der Waals surface area (Å²) in [5, 5.41) is 0. The van der Waals surface area contributed by atoms with Gasteiger partial charge >= 0.3 is 0 Å². The third kappa shape index (κ3) is 0.891. The van der Waals surface area contributed by atoms with Crippen LogP contribution in [0.4, 0.5) is 5.69 Å². The first kappa shape index (κ1) is 6.40. The average Bonchev–Trinajstić information content (AvgIpc) is 2.75. The van der Waals surface area contributed by atoms with Gasteiger partial charge < -0.3 is 4.90 Å². The maximum Gasteiger partial charge on any atom is 0.115 e. The number of rotatable bonds is 1.